The predicted octanol–water partition coefficient (Wildman–Crippen LogP) is 5.92. The van der Waals surface area contributed by atoms with Gasteiger partial charge < -0.3 is 5.32 Å². The number of anilines is 2. The van der Waals surface area contributed by atoms with Crippen LogP contribution >= 0.6 is 0 Å². The summed E-state index contributed by atoms with van der Waals surface area (Å²) < 4.78 is 0. The lowest BCUT2D eigenvalue weighted by molar-refractivity contribution is 0.660. The van der Waals surface area contributed by atoms with Gasteiger partial charge in [0.2, 0.25) is 0 Å². The lowest BCUT2D eigenvalue weighted by Crippen LogP contribution is -2.14. The first-order chi connectivity index (χ1) is 12.0. The van der Waals surface area contributed by atoms with Gasteiger partial charge in [-0.25, -0.2) is 0 Å². The van der Waals surface area contributed by atoms with Gasteiger partial charge in [0.1, 0.15) is 0 Å². The topological polar surface area (TPSA) is 35.8 Å². The van der Waals surface area contributed by atoms with Crippen LogP contribution in [-0.2, 0) is 5.41 Å². The summed E-state index contributed by atoms with van der Waals surface area (Å²) in [6.07, 6.45) is 0. The van der Waals surface area contributed by atoms with Crippen molar-refractivity contribution >= 4 is 11.4 Å². The molecule has 1 aliphatic rings. The van der Waals surface area contributed by atoms with Crippen LogP contribution in [0.2, 0.25) is 0 Å². The zero-order valence-electron chi connectivity index (χ0n) is 14.7. The highest BCUT2D eigenvalue weighted by atomic mass is 14.9. The molecule has 1 aliphatic carbocycles. The van der Waals surface area contributed by atoms with Gasteiger partial charge in [-0.15, -0.1) is 0 Å². The lowest BCUT2D eigenvalue weighted by Gasteiger charge is -2.21. The van der Waals surface area contributed by atoms with Crippen molar-refractivity contribution in [3.05, 3.63) is 82.9 Å². The van der Waals surface area contributed by atoms with E-state index in [1.807, 2.05) is 18.2 Å². The molecule has 0 fully saturated rings. The molecule has 122 valence electrons. The number of nitrogens with zero attached hydrogens (tertiary/aromatic N) is 1. The summed E-state index contributed by atoms with van der Waals surface area (Å²) >= 11 is 0. The zero-order valence-corrected chi connectivity index (χ0v) is 14.7. The lowest BCUT2D eigenvalue weighted by atomic mass is 9.82. The summed E-state index contributed by atoms with van der Waals surface area (Å²) in [4.78, 5) is 0. The van der Waals surface area contributed by atoms with Gasteiger partial charge in [0.25, 0.3) is 0 Å². The van der Waals surface area contributed by atoms with Crippen LogP contribution in [0.4, 0.5) is 11.4 Å². The van der Waals surface area contributed by atoms with Crippen molar-refractivity contribution < 1.29 is 0 Å². The Bertz CT molecular complexity index is 1020. The molecule has 3 aromatic rings. The Labute approximate surface area is 148 Å². The fraction of sp³-hybridized carbons (Fsp3) is 0.174. The first kappa shape index (κ1) is 15.5. The third-order valence-corrected chi connectivity index (χ3v) is 5.23. The fourth-order valence-electron chi connectivity index (χ4n) is 3.78. The van der Waals surface area contributed by atoms with E-state index in [-0.39, 0.29) is 5.41 Å². The summed E-state index contributed by atoms with van der Waals surface area (Å²) in [5.41, 5.74) is 9.19. The molecule has 0 aromatic heterocycles. The molecule has 0 amide bonds. The van der Waals surface area contributed by atoms with Gasteiger partial charge in [0.15, 0.2) is 0 Å². The Kier molecular flexibility index (Phi) is 3.40. The van der Waals surface area contributed by atoms with E-state index in [2.05, 4.69) is 74.6 Å². The monoisotopic (exact) mass is 324 g/mol. The fourth-order valence-corrected chi connectivity index (χ4v) is 3.78. The Morgan fingerprint density at radius 3 is 2.44 bits per heavy atom. The molecule has 25 heavy (non-hydrogen) atoms. The maximum Gasteiger partial charge on any atom is 0.0992 e. The molecular formula is C23H20N2. The van der Waals surface area contributed by atoms with Crippen LogP contribution in [-0.4, -0.2) is 0 Å². The minimum absolute atomic E-state index is 0.0289. The quantitative estimate of drug-likeness (QED) is 0.635. The molecule has 0 heterocycles. The number of aryl methyl sites for hydroxylation is 1. The molecule has 0 saturated heterocycles. The second-order valence-electron chi connectivity index (χ2n) is 7.20. The molecule has 0 saturated carbocycles. The smallest absolute Gasteiger partial charge is 0.0992 e. The van der Waals surface area contributed by atoms with Crippen molar-refractivity contribution in [2.24, 2.45) is 0 Å². The van der Waals surface area contributed by atoms with Crippen molar-refractivity contribution in [3.8, 4) is 17.2 Å². The molecule has 0 aliphatic heterocycles. The molecule has 0 radical (unpaired) electrons. The number of fused-ring (bicyclic) bond motifs is 3. The Balaban J connectivity index is 1.79. The first-order valence-corrected chi connectivity index (χ1v) is 8.53. The highest BCUT2D eigenvalue weighted by Crippen LogP contribution is 2.49. The normalized spacial score (nSPS) is 13.7. The van der Waals surface area contributed by atoms with E-state index in [0.29, 0.717) is 5.56 Å². The zero-order chi connectivity index (χ0) is 17.6. The van der Waals surface area contributed by atoms with Crippen molar-refractivity contribution in [1.29, 1.82) is 5.26 Å². The minimum Gasteiger partial charge on any atom is -0.355 e. The van der Waals surface area contributed by atoms with E-state index in [1.165, 1.54) is 22.3 Å². The number of hydrogen-bond acceptors (Lipinski definition) is 2. The molecule has 1 N–H and O–H groups in total. The maximum absolute atomic E-state index is 9.13. The third-order valence-electron chi connectivity index (χ3n) is 5.23. The third kappa shape index (κ3) is 2.40. The van der Waals surface area contributed by atoms with Gasteiger partial charge in [-0.2, -0.15) is 5.26 Å². The summed E-state index contributed by atoms with van der Waals surface area (Å²) in [7, 11) is 0. The van der Waals surface area contributed by atoms with Crippen LogP contribution < -0.4 is 5.32 Å². The van der Waals surface area contributed by atoms with Gasteiger partial charge in [-0.05, 0) is 59.0 Å². The second-order valence-corrected chi connectivity index (χ2v) is 7.20. The van der Waals surface area contributed by atoms with Crippen LogP contribution in [0.25, 0.3) is 11.1 Å². The molecular weight excluding hydrogens is 304 g/mol. The van der Waals surface area contributed by atoms with E-state index in [1.54, 1.807) is 0 Å². The Morgan fingerprint density at radius 1 is 0.880 bits per heavy atom. The van der Waals surface area contributed by atoms with Crippen molar-refractivity contribution in [1.82, 2.24) is 0 Å². The highest BCUT2D eigenvalue weighted by molar-refractivity contribution is 5.83. The van der Waals surface area contributed by atoms with E-state index in [0.717, 1.165) is 16.9 Å². The van der Waals surface area contributed by atoms with E-state index in [9.17, 15) is 0 Å². The van der Waals surface area contributed by atoms with Gasteiger partial charge >= 0.3 is 0 Å². The summed E-state index contributed by atoms with van der Waals surface area (Å²) in [5, 5.41) is 12.6. The molecule has 0 atom stereocenters. The highest BCUT2D eigenvalue weighted by Gasteiger charge is 2.34. The molecule has 2 nitrogen and oxygen atoms in total. The molecule has 0 bridgehead atoms. The van der Waals surface area contributed by atoms with Gasteiger partial charge in [0.05, 0.1) is 11.6 Å². The first-order valence-electron chi connectivity index (χ1n) is 8.53. The van der Waals surface area contributed by atoms with Crippen LogP contribution in [0.1, 0.15) is 36.1 Å². The number of nitriles is 1. The molecule has 0 spiro atoms. The number of benzene rings is 3. The standard InChI is InChI=1S/C23H20N2/c1-15-8-9-16(14-24)12-22(15)25-17-10-11-21-19(13-17)18-6-4-5-7-20(18)23(21,2)3/h4-13,25H,1-3H3. The van der Waals surface area contributed by atoms with E-state index < -0.39 is 0 Å². The van der Waals surface area contributed by atoms with Crippen molar-refractivity contribution in [2.45, 2.75) is 26.2 Å². The van der Waals surface area contributed by atoms with E-state index in [4.69, 9.17) is 5.26 Å². The largest absolute Gasteiger partial charge is 0.355 e. The van der Waals surface area contributed by atoms with Crippen molar-refractivity contribution in [2.75, 3.05) is 5.32 Å². The number of hydrogen-bond donors (Lipinski definition) is 1. The Morgan fingerprint density at radius 2 is 1.64 bits per heavy atom. The summed E-state index contributed by atoms with van der Waals surface area (Å²) in [5.74, 6) is 0. The number of rotatable bonds is 2. The van der Waals surface area contributed by atoms with Crippen LogP contribution in [0, 0.1) is 18.3 Å². The van der Waals surface area contributed by atoms with Crippen LogP contribution in [0.15, 0.2) is 60.7 Å². The number of nitrogens with one attached hydrogen (secondary N) is 1. The average Bonchev–Trinajstić information content (AvgIpc) is 2.85. The van der Waals surface area contributed by atoms with Gasteiger partial charge in [0, 0.05) is 16.8 Å². The Hall–Kier alpha value is -3.05. The van der Waals surface area contributed by atoms with Gasteiger partial charge in [-0.1, -0.05) is 50.2 Å². The predicted molar refractivity (Wildman–Crippen MR) is 103 cm³/mol. The van der Waals surface area contributed by atoms with Crippen LogP contribution in [0.3, 0.4) is 0 Å². The minimum atomic E-state index is 0.0289. The summed E-state index contributed by atoms with van der Waals surface area (Å²) in [6.45, 7) is 6.62. The SMILES string of the molecule is Cc1ccc(C#N)cc1Nc1ccc2c(c1)-c1ccccc1C2(C)C. The maximum atomic E-state index is 9.13. The molecule has 0 unspecified atom stereocenters. The second kappa shape index (κ2) is 5.50. The van der Waals surface area contributed by atoms with Crippen LogP contribution in [0.5, 0.6) is 0 Å². The van der Waals surface area contributed by atoms with E-state index >= 15 is 0 Å². The molecule has 4 rings (SSSR count). The average molecular weight is 324 g/mol. The molecule has 2 heteroatoms. The van der Waals surface area contributed by atoms with Crippen molar-refractivity contribution in [3.63, 3.8) is 0 Å². The van der Waals surface area contributed by atoms with Gasteiger partial charge in [-0.3, -0.25) is 0 Å². The molecule has 3 aromatic carbocycles. The summed E-state index contributed by atoms with van der Waals surface area (Å²) in [6, 6.07) is 23.2.